The van der Waals surface area contributed by atoms with Gasteiger partial charge in [-0.15, -0.1) is 5.92 Å². The molecule has 2 N–H and O–H groups in total. The first kappa shape index (κ1) is 6.21. The summed E-state index contributed by atoms with van der Waals surface area (Å²) in [5.74, 6) is 6.76. The maximum atomic E-state index is 8.81. The fourth-order valence-electron chi connectivity index (χ4n) is 1.75. The Balaban J connectivity index is 2.01. The van der Waals surface area contributed by atoms with Crippen LogP contribution in [0.4, 0.5) is 0 Å². The largest absolute Gasteiger partial charge is 0.395 e. The third-order valence-electron chi connectivity index (χ3n) is 2.30. The summed E-state index contributed by atoms with van der Waals surface area (Å²) in [5, 5.41) is 12.1. The van der Waals surface area contributed by atoms with Gasteiger partial charge in [-0.1, -0.05) is 5.92 Å². The van der Waals surface area contributed by atoms with E-state index in [4.69, 9.17) is 5.11 Å². The van der Waals surface area contributed by atoms with Gasteiger partial charge in [0.05, 0.1) is 6.61 Å². The molecule has 1 aliphatic carbocycles. The average molecular weight is 137 g/mol. The zero-order valence-electron chi connectivity index (χ0n) is 5.80. The van der Waals surface area contributed by atoms with Crippen LogP contribution >= 0.6 is 0 Å². The summed E-state index contributed by atoms with van der Waals surface area (Å²) in [6.45, 7) is 0.259. The first-order valence-electron chi connectivity index (χ1n) is 3.75. The second-order valence-corrected chi connectivity index (χ2v) is 3.02. The highest BCUT2D eigenvalue weighted by molar-refractivity contribution is 5.20. The van der Waals surface area contributed by atoms with Gasteiger partial charge in [-0.25, -0.2) is 0 Å². The lowest BCUT2D eigenvalue weighted by atomic mass is 10.0. The normalized spacial score (nSPS) is 42.7. The predicted molar refractivity (Wildman–Crippen MR) is 38.3 cm³/mol. The second-order valence-electron chi connectivity index (χ2n) is 3.02. The molecule has 2 aliphatic rings. The van der Waals surface area contributed by atoms with Crippen LogP contribution in [0.2, 0.25) is 0 Å². The van der Waals surface area contributed by atoms with Crippen molar-refractivity contribution < 1.29 is 5.11 Å². The molecule has 0 saturated carbocycles. The highest BCUT2D eigenvalue weighted by Crippen LogP contribution is 2.24. The minimum absolute atomic E-state index is 0.259. The number of hydrogen-bond donors (Lipinski definition) is 2. The molecule has 0 spiro atoms. The number of hydrogen-bond acceptors (Lipinski definition) is 2. The Bertz CT molecular complexity index is 191. The molecule has 1 saturated heterocycles. The lowest BCUT2D eigenvalue weighted by Gasteiger charge is -2.07. The molecular formula is C8H11NO. The summed E-state index contributed by atoms with van der Waals surface area (Å²) >= 11 is 0. The van der Waals surface area contributed by atoms with E-state index >= 15 is 0 Å². The van der Waals surface area contributed by atoms with Crippen molar-refractivity contribution in [2.75, 3.05) is 6.61 Å². The molecule has 54 valence electrons. The van der Waals surface area contributed by atoms with E-state index in [1.54, 1.807) is 0 Å². The van der Waals surface area contributed by atoms with E-state index in [9.17, 15) is 0 Å². The zero-order valence-corrected chi connectivity index (χ0v) is 5.80. The molecule has 1 heterocycles. The molecule has 0 aromatic carbocycles. The minimum atomic E-state index is 0.259. The van der Waals surface area contributed by atoms with Crippen LogP contribution in [0.25, 0.3) is 0 Å². The summed E-state index contributed by atoms with van der Waals surface area (Å²) in [7, 11) is 0. The van der Waals surface area contributed by atoms with Crippen molar-refractivity contribution in [1.82, 2.24) is 5.32 Å². The number of aliphatic hydroxyl groups excluding tert-OH is 1. The summed E-state index contributed by atoms with van der Waals surface area (Å²) < 4.78 is 0. The van der Waals surface area contributed by atoms with Gasteiger partial charge in [0, 0.05) is 24.4 Å². The Hall–Kier alpha value is -0.520. The summed E-state index contributed by atoms with van der Waals surface area (Å²) in [6.07, 6.45) is 2.01. The summed E-state index contributed by atoms with van der Waals surface area (Å²) in [4.78, 5) is 0. The molecule has 10 heavy (non-hydrogen) atoms. The van der Waals surface area contributed by atoms with Crippen LogP contribution in [0.15, 0.2) is 0 Å². The molecular weight excluding hydrogens is 126 g/mol. The Morgan fingerprint density at radius 3 is 3.20 bits per heavy atom. The molecule has 0 aromatic rings. The molecule has 0 amide bonds. The maximum absolute atomic E-state index is 8.81. The van der Waals surface area contributed by atoms with Gasteiger partial charge in [0.1, 0.15) is 0 Å². The molecule has 1 aliphatic heterocycles. The molecule has 1 unspecified atom stereocenters. The van der Waals surface area contributed by atoms with Gasteiger partial charge in [-0.2, -0.15) is 0 Å². The van der Waals surface area contributed by atoms with Crippen LogP contribution in [-0.2, 0) is 0 Å². The second kappa shape index (κ2) is 2.26. The molecule has 1 fully saturated rings. The molecule has 0 radical (unpaired) electrons. The Morgan fingerprint density at radius 1 is 1.60 bits per heavy atom. The van der Waals surface area contributed by atoms with Crippen LogP contribution in [0.1, 0.15) is 12.8 Å². The average Bonchev–Trinajstić information content (AvgIpc) is 2.42. The number of rotatable bonds is 1. The van der Waals surface area contributed by atoms with Crippen molar-refractivity contribution in [3.8, 4) is 11.8 Å². The Kier molecular flexibility index (Phi) is 1.40. The van der Waals surface area contributed by atoms with Crippen molar-refractivity contribution in [1.29, 1.82) is 0 Å². The van der Waals surface area contributed by atoms with E-state index in [-0.39, 0.29) is 6.61 Å². The summed E-state index contributed by atoms with van der Waals surface area (Å²) in [6, 6.07) is 0.835. The lowest BCUT2D eigenvalue weighted by Crippen LogP contribution is -2.31. The molecule has 2 heteroatoms. The minimum Gasteiger partial charge on any atom is -0.395 e. The number of fused-ring (bicyclic) bond motifs is 1. The lowest BCUT2D eigenvalue weighted by molar-refractivity contribution is 0.251. The molecule has 3 atom stereocenters. The predicted octanol–water partition coefficient (Wildman–Crippen LogP) is -0.268. The first-order valence-corrected chi connectivity index (χ1v) is 3.75. The van der Waals surface area contributed by atoms with Crippen molar-refractivity contribution in [3.63, 3.8) is 0 Å². The van der Waals surface area contributed by atoms with Gasteiger partial charge >= 0.3 is 0 Å². The third-order valence-corrected chi connectivity index (χ3v) is 2.30. The van der Waals surface area contributed by atoms with Crippen molar-refractivity contribution in [2.45, 2.75) is 24.9 Å². The van der Waals surface area contributed by atoms with Gasteiger partial charge in [-0.3, -0.25) is 0 Å². The number of nitrogens with one attached hydrogen (secondary N) is 1. The molecule has 2 nitrogen and oxygen atoms in total. The van der Waals surface area contributed by atoms with E-state index in [1.165, 1.54) is 0 Å². The van der Waals surface area contributed by atoms with E-state index in [1.807, 2.05) is 0 Å². The van der Waals surface area contributed by atoms with E-state index in [0.717, 1.165) is 12.8 Å². The van der Waals surface area contributed by atoms with Gasteiger partial charge in [0.2, 0.25) is 0 Å². The SMILES string of the molecule is OCC1C[C@H]2C#CC[C@H]2N1. The Morgan fingerprint density at radius 2 is 2.50 bits per heavy atom. The van der Waals surface area contributed by atoms with Crippen LogP contribution in [-0.4, -0.2) is 23.8 Å². The summed E-state index contributed by atoms with van der Waals surface area (Å²) in [5.41, 5.74) is 0. The fraction of sp³-hybridized carbons (Fsp3) is 0.750. The standard InChI is InChI=1S/C8H11NO/c10-5-7-4-6-2-1-3-8(6)9-7/h6-10H,3-5H2/t6-,7?,8-/m1/s1. The van der Waals surface area contributed by atoms with Crippen molar-refractivity contribution >= 4 is 0 Å². The molecule has 0 bridgehead atoms. The quantitative estimate of drug-likeness (QED) is 0.488. The van der Waals surface area contributed by atoms with Gasteiger partial charge in [-0.05, 0) is 6.42 Å². The zero-order chi connectivity index (χ0) is 6.97. The molecule has 0 aromatic heterocycles. The van der Waals surface area contributed by atoms with Crippen LogP contribution < -0.4 is 5.32 Å². The van der Waals surface area contributed by atoms with E-state index in [0.29, 0.717) is 18.0 Å². The van der Waals surface area contributed by atoms with Crippen molar-refractivity contribution in [2.24, 2.45) is 5.92 Å². The van der Waals surface area contributed by atoms with Crippen LogP contribution in [0.5, 0.6) is 0 Å². The topological polar surface area (TPSA) is 32.3 Å². The highest BCUT2D eigenvalue weighted by Gasteiger charge is 2.33. The monoisotopic (exact) mass is 137 g/mol. The third kappa shape index (κ3) is 0.828. The van der Waals surface area contributed by atoms with Gasteiger partial charge in [0.15, 0.2) is 0 Å². The van der Waals surface area contributed by atoms with Crippen LogP contribution in [0.3, 0.4) is 0 Å². The first-order chi connectivity index (χ1) is 4.90. The van der Waals surface area contributed by atoms with Gasteiger partial charge in [0.25, 0.3) is 0 Å². The van der Waals surface area contributed by atoms with E-state index in [2.05, 4.69) is 17.2 Å². The smallest absolute Gasteiger partial charge is 0.0585 e. The number of aliphatic hydroxyl groups is 1. The Labute approximate surface area is 60.6 Å². The van der Waals surface area contributed by atoms with Crippen LogP contribution in [0, 0.1) is 17.8 Å². The van der Waals surface area contributed by atoms with Gasteiger partial charge < -0.3 is 10.4 Å². The van der Waals surface area contributed by atoms with Crippen molar-refractivity contribution in [3.05, 3.63) is 0 Å². The maximum Gasteiger partial charge on any atom is 0.0585 e. The highest BCUT2D eigenvalue weighted by atomic mass is 16.3. The fourth-order valence-corrected chi connectivity index (χ4v) is 1.75. The van der Waals surface area contributed by atoms with E-state index < -0.39 is 0 Å². The molecule has 2 rings (SSSR count).